The summed E-state index contributed by atoms with van der Waals surface area (Å²) >= 11 is 6.10. The summed E-state index contributed by atoms with van der Waals surface area (Å²) in [4.78, 5) is 20.7. The van der Waals surface area contributed by atoms with Crippen LogP contribution < -0.4 is 10.1 Å². The second-order valence-electron chi connectivity index (χ2n) is 6.45. The lowest BCUT2D eigenvalue weighted by atomic mass is 10.1. The average Bonchev–Trinajstić information content (AvgIpc) is 3.16. The van der Waals surface area contributed by atoms with Crippen LogP contribution in [0.2, 0.25) is 5.02 Å². The first-order valence-electron chi connectivity index (χ1n) is 9.04. The van der Waals surface area contributed by atoms with Crippen LogP contribution in [0.15, 0.2) is 53.1 Å². The molecule has 0 aliphatic rings. The summed E-state index contributed by atoms with van der Waals surface area (Å²) in [6, 6.07) is 13.0. The monoisotopic (exact) mass is 426 g/mol. The Morgan fingerprint density at radius 2 is 1.93 bits per heavy atom. The van der Waals surface area contributed by atoms with Crippen molar-refractivity contribution in [2.24, 2.45) is 0 Å². The lowest BCUT2D eigenvalue weighted by molar-refractivity contribution is -0.123. The summed E-state index contributed by atoms with van der Waals surface area (Å²) in [6.07, 6.45) is 0. The van der Waals surface area contributed by atoms with Gasteiger partial charge in [-0.05, 0) is 42.8 Å². The van der Waals surface area contributed by atoms with Crippen molar-refractivity contribution in [1.29, 1.82) is 0 Å². The van der Waals surface area contributed by atoms with Crippen molar-refractivity contribution in [1.82, 2.24) is 20.4 Å². The van der Waals surface area contributed by atoms with E-state index in [9.17, 15) is 9.18 Å². The summed E-state index contributed by atoms with van der Waals surface area (Å²) in [5.41, 5.74) is 2.02. The van der Waals surface area contributed by atoms with E-state index in [2.05, 4.69) is 20.4 Å². The molecule has 4 aromatic rings. The minimum absolute atomic E-state index is 0.158. The van der Waals surface area contributed by atoms with E-state index in [1.54, 1.807) is 25.1 Å². The summed E-state index contributed by atoms with van der Waals surface area (Å²) in [5.74, 6) is -0.161. The molecule has 0 saturated carbocycles. The SMILES string of the molecule is Cc1nc(OCC(=O)NCc2ccccc2Cl)c2c(-c3ccc(F)cc3)noc2n1. The first kappa shape index (κ1) is 19.8. The van der Waals surface area contributed by atoms with Crippen molar-refractivity contribution in [3.8, 4) is 17.1 Å². The van der Waals surface area contributed by atoms with Gasteiger partial charge >= 0.3 is 0 Å². The predicted octanol–water partition coefficient (Wildman–Crippen LogP) is 4.08. The van der Waals surface area contributed by atoms with Crippen molar-refractivity contribution < 1.29 is 18.4 Å². The number of fused-ring (bicyclic) bond motifs is 1. The predicted molar refractivity (Wildman–Crippen MR) is 109 cm³/mol. The van der Waals surface area contributed by atoms with Crippen molar-refractivity contribution in [3.05, 3.63) is 70.8 Å². The number of rotatable bonds is 6. The summed E-state index contributed by atoms with van der Waals surface area (Å²) in [6.45, 7) is 1.67. The summed E-state index contributed by atoms with van der Waals surface area (Å²) in [5, 5.41) is 7.74. The van der Waals surface area contributed by atoms with Crippen LogP contribution in [0.25, 0.3) is 22.4 Å². The van der Waals surface area contributed by atoms with Gasteiger partial charge in [-0.3, -0.25) is 4.79 Å². The third kappa shape index (κ3) is 4.23. The van der Waals surface area contributed by atoms with Gasteiger partial charge in [0.1, 0.15) is 22.7 Å². The van der Waals surface area contributed by atoms with Crippen LogP contribution >= 0.6 is 11.6 Å². The molecule has 1 amide bonds. The molecule has 7 nitrogen and oxygen atoms in total. The van der Waals surface area contributed by atoms with Gasteiger partial charge in [0.05, 0.1) is 0 Å². The number of hydrogen-bond donors (Lipinski definition) is 1. The van der Waals surface area contributed by atoms with Crippen molar-refractivity contribution in [2.75, 3.05) is 6.61 Å². The maximum absolute atomic E-state index is 13.3. The number of ether oxygens (including phenoxy) is 1. The number of carbonyl (C=O) groups is 1. The lowest BCUT2D eigenvalue weighted by Crippen LogP contribution is -2.28. The molecule has 1 N–H and O–H groups in total. The smallest absolute Gasteiger partial charge is 0.265 e. The number of amides is 1. The molecule has 0 radical (unpaired) electrons. The van der Waals surface area contributed by atoms with E-state index in [0.717, 1.165) is 5.56 Å². The zero-order valence-electron chi connectivity index (χ0n) is 15.9. The van der Waals surface area contributed by atoms with Gasteiger partial charge in [-0.15, -0.1) is 0 Å². The minimum atomic E-state index is -0.370. The van der Waals surface area contributed by atoms with Crippen LogP contribution in [0.5, 0.6) is 5.88 Å². The van der Waals surface area contributed by atoms with E-state index in [1.165, 1.54) is 12.1 Å². The first-order chi connectivity index (χ1) is 14.5. The first-order valence-corrected chi connectivity index (χ1v) is 9.42. The fraction of sp³-hybridized carbons (Fsp3) is 0.143. The number of halogens is 2. The molecule has 2 aromatic carbocycles. The molecular weight excluding hydrogens is 411 g/mol. The number of aromatic nitrogens is 3. The number of carbonyl (C=O) groups excluding carboxylic acids is 1. The lowest BCUT2D eigenvalue weighted by Gasteiger charge is -2.09. The van der Waals surface area contributed by atoms with Gasteiger partial charge in [0.2, 0.25) is 5.88 Å². The number of nitrogens with zero attached hydrogens (tertiary/aromatic N) is 3. The molecule has 0 bridgehead atoms. The Balaban J connectivity index is 1.53. The Kier molecular flexibility index (Phi) is 5.58. The van der Waals surface area contributed by atoms with E-state index in [-0.39, 0.29) is 36.5 Å². The highest BCUT2D eigenvalue weighted by molar-refractivity contribution is 6.31. The molecule has 2 aromatic heterocycles. The number of hydrogen-bond acceptors (Lipinski definition) is 6. The molecule has 152 valence electrons. The highest BCUT2D eigenvalue weighted by Gasteiger charge is 2.20. The van der Waals surface area contributed by atoms with E-state index in [4.69, 9.17) is 20.9 Å². The van der Waals surface area contributed by atoms with Crippen LogP contribution in [-0.2, 0) is 11.3 Å². The minimum Gasteiger partial charge on any atom is -0.467 e. The van der Waals surface area contributed by atoms with E-state index < -0.39 is 0 Å². The third-order valence-corrected chi connectivity index (χ3v) is 4.67. The zero-order valence-corrected chi connectivity index (χ0v) is 16.6. The Bertz CT molecular complexity index is 1210. The van der Waals surface area contributed by atoms with Gasteiger partial charge in [0.15, 0.2) is 6.61 Å². The molecule has 0 fully saturated rings. The van der Waals surface area contributed by atoms with Crippen molar-refractivity contribution in [2.45, 2.75) is 13.5 Å². The molecule has 9 heteroatoms. The van der Waals surface area contributed by atoms with Gasteiger partial charge in [0, 0.05) is 17.1 Å². The maximum atomic E-state index is 13.3. The molecule has 0 spiro atoms. The van der Waals surface area contributed by atoms with Gasteiger partial charge in [-0.2, -0.15) is 9.97 Å². The average molecular weight is 427 g/mol. The van der Waals surface area contributed by atoms with Gasteiger partial charge < -0.3 is 14.6 Å². The molecule has 30 heavy (non-hydrogen) atoms. The maximum Gasteiger partial charge on any atom is 0.265 e. The van der Waals surface area contributed by atoms with Gasteiger partial charge in [0.25, 0.3) is 11.6 Å². The molecule has 0 atom stereocenters. The van der Waals surface area contributed by atoms with Crippen molar-refractivity contribution in [3.63, 3.8) is 0 Å². The number of aryl methyl sites for hydroxylation is 1. The molecule has 0 unspecified atom stereocenters. The highest BCUT2D eigenvalue weighted by Crippen LogP contribution is 2.33. The second-order valence-corrected chi connectivity index (χ2v) is 6.86. The highest BCUT2D eigenvalue weighted by atomic mass is 35.5. The van der Waals surface area contributed by atoms with Crippen LogP contribution in [0.4, 0.5) is 4.39 Å². The van der Waals surface area contributed by atoms with Crippen LogP contribution in [0.3, 0.4) is 0 Å². The standard InChI is InChI=1S/C21H16ClFN4O3/c1-12-25-20(29-11-17(28)24-10-14-4-2-3-5-16(14)22)18-19(27-30-21(18)26-12)13-6-8-15(23)9-7-13/h2-9H,10-11H2,1H3,(H,24,28). The largest absolute Gasteiger partial charge is 0.467 e. The van der Waals surface area contributed by atoms with Crippen LogP contribution in [0.1, 0.15) is 11.4 Å². The van der Waals surface area contributed by atoms with Gasteiger partial charge in [-0.1, -0.05) is 35.0 Å². The fourth-order valence-corrected chi connectivity index (χ4v) is 3.06. The Morgan fingerprint density at radius 3 is 2.70 bits per heavy atom. The summed E-state index contributed by atoms with van der Waals surface area (Å²) < 4.78 is 24.2. The molecular formula is C21H16ClFN4O3. The van der Waals surface area contributed by atoms with E-state index in [0.29, 0.717) is 27.5 Å². The Morgan fingerprint density at radius 1 is 1.17 bits per heavy atom. The van der Waals surface area contributed by atoms with Crippen LogP contribution in [0, 0.1) is 12.7 Å². The molecule has 0 aliphatic heterocycles. The molecule has 0 saturated heterocycles. The van der Waals surface area contributed by atoms with Gasteiger partial charge in [-0.25, -0.2) is 4.39 Å². The van der Waals surface area contributed by atoms with Crippen LogP contribution in [-0.4, -0.2) is 27.6 Å². The second kappa shape index (κ2) is 8.46. The Hall–Kier alpha value is -3.52. The quantitative estimate of drug-likeness (QED) is 0.499. The molecule has 0 aliphatic carbocycles. The third-order valence-electron chi connectivity index (χ3n) is 4.31. The molecule has 2 heterocycles. The molecule has 4 rings (SSSR count). The van der Waals surface area contributed by atoms with Crippen molar-refractivity contribution >= 4 is 28.6 Å². The Labute approximate surface area is 175 Å². The fourth-order valence-electron chi connectivity index (χ4n) is 2.86. The summed E-state index contributed by atoms with van der Waals surface area (Å²) in [7, 11) is 0. The normalized spacial score (nSPS) is 10.9. The zero-order chi connectivity index (χ0) is 21.1. The topological polar surface area (TPSA) is 90.1 Å². The number of benzene rings is 2. The van der Waals surface area contributed by atoms with E-state index >= 15 is 0 Å². The number of nitrogens with one attached hydrogen (secondary N) is 1. The van der Waals surface area contributed by atoms with E-state index in [1.807, 2.05) is 18.2 Å².